The summed E-state index contributed by atoms with van der Waals surface area (Å²) in [5.41, 5.74) is 0.867. The number of nitrogens with one attached hydrogen (secondary N) is 2. The standard InChI is InChI=1S/C14H23ClN2O3S/c1-3-8-20-9-4-7-17-21(18,19)13-6-5-12(11-16-2)14(15)10-13/h5-6,10,16-17H,3-4,7-9,11H2,1-2H3. The van der Waals surface area contributed by atoms with Gasteiger partial charge in [0, 0.05) is 31.3 Å². The molecule has 7 heteroatoms. The molecular weight excluding hydrogens is 312 g/mol. The number of sulfonamides is 1. The van der Waals surface area contributed by atoms with Crippen molar-refractivity contribution in [2.45, 2.75) is 31.2 Å². The van der Waals surface area contributed by atoms with E-state index in [4.69, 9.17) is 16.3 Å². The molecule has 0 unspecified atom stereocenters. The SMILES string of the molecule is CCCOCCCNS(=O)(=O)c1ccc(CNC)c(Cl)c1. The highest BCUT2D eigenvalue weighted by molar-refractivity contribution is 7.89. The zero-order chi connectivity index (χ0) is 15.7. The van der Waals surface area contributed by atoms with Crippen LogP contribution in [0.25, 0.3) is 0 Å². The molecule has 0 heterocycles. The third-order valence-corrected chi connectivity index (χ3v) is 4.62. The average Bonchev–Trinajstić information content (AvgIpc) is 2.45. The fourth-order valence-electron chi connectivity index (χ4n) is 1.74. The summed E-state index contributed by atoms with van der Waals surface area (Å²) in [5, 5.41) is 3.42. The molecule has 1 aromatic carbocycles. The van der Waals surface area contributed by atoms with E-state index >= 15 is 0 Å². The van der Waals surface area contributed by atoms with Crippen LogP contribution in [-0.2, 0) is 21.3 Å². The summed E-state index contributed by atoms with van der Waals surface area (Å²) in [5.74, 6) is 0. The summed E-state index contributed by atoms with van der Waals surface area (Å²) in [6.45, 7) is 4.24. The molecule has 0 fully saturated rings. The van der Waals surface area contributed by atoms with Crippen molar-refractivity contribution < 1.29 is 13.2 Å². The van der Waals surface area contributed by atoms with Crippen LogP contribution in [0.5, 0.6) is 0 Å². The molecular formula is C14H23ClN2O3S. The molecule has 120 valence electrons. The average molecular weight is 335 g/mol. The maximum Gasteiger partial charge on any atom is 0.240 e. The van der Waals surface area contributed by atoms with Gasteiger partial charge in [-0.2, -0.15) is 0 Å². The van der Waals surface area contributed by atoms with Gasteiger partial charge >= 0.3 is 0 Å². The van der Waals surface area contributed by atoms with Crippen molar-refractivity contribution in [2.75, 3.05) is 26.8 Å². The smallest absolute Gasteiger partial charge is 0.240 e. The van der Waals surface area contributed by atoms with Gasteiger partial charge < -0.3 is 10.1 Å². The second kappa shape index (κ2) is 9.38. The molecule has 0 aromatic heterocycles. The quantitative estimate of drug-likeness (QED) is 0.643. The van der Waals surface area contributed by atoms with Crippen LogP contribution >= 0.6 is 11.6 Å². The number of halogens is 1. The summed E-state index contributed by atoms with van der Waals surface area (Å²) in [7, 11) is -1.71. The van der Waals surface area contributed by atoms with Crippen LogP contribution in [-0.4, -0.2) is 35.2 Å². The summed E-state index contributed by atoms with van der Waals surface area (Å²) in [6, 6.07) is 4.76. The Morgan fingerprint density at radius 3 is 2.67 bits per heavy atom. The Morgan fingerprint density at radius 1 is 1.29 bits per heavy atom. The first kappa shape index (κ1) is 18.4. The molecule has 1 rings (SSSR count). The molecule has 0 spiro atoms. The molecule has 0 aliphatic heterocycles. The van der Waals surface area contributed by atoms with Crippen LogP contribution in [0.15, 0.2) is 23.1 Å². The second-order valence-corrected chi connectivity index (χ2v) is 6.82. The molecule has 1 aromatic rings. The lowest BCUT2D eigenvalue weighted by Crippen LogP contribution is -2.25. The highest BCUT2D eigenvalue weighted by Gasteiger charge is 2.14. The molecule has 0 aliphatic carbocycles. The van der Waals surface area contributed by atoms with Crippen molar-refractivity contribution in [3.8, 4) is 0 Å². The molecule has 0 saturated heterocycles. The molecule has 0 atom stereocenters. The fraction of sp³-hybridized carbons (Fsp3) is 0.571. The molecule has 0 saturated carbocycles. The van der Waals surface area contributed by atoms with Gasteiger partial charge in [0.2, 0.25) is 10.0 Å². The van der Waals surface area contributed by atoms with Gasteiger partial charge in [-0.15, -0.1) is 0 Å². The molecule has 0 aliphatic rings. The Bertz CT molecular complexity index is 535. The lowest BCUT2D eigenvalue weighted by atomic mass is 10.2. The van der Waals surface area contributed by atoms with Gasteiger partial charge in [0.05, 0.1) is 4.90 Å². The van der Waals surface area contributed by atoms with Crippen LogP contribution in [0.3, 0.4) is 0 Å². The summed E-state index contributed by atoms with van der Waals surface area (Å²) >= 11 is 6.08. The van der Waals surface area contributed by atoms with Crippen molar-refractivity contribution in [3.05, 3.63) is 28.8 Å². The van der Waals surface area contributed by atoms with E-state index in [0.717, 1.165) is 12.0 Å². The molecule has 0 bridgehead atoms. The molecule has 2 N–H and O–H groups in total. The number of ether oxygens (including phenoxy) is 1. The van der Waals surface area contributed by atoms with E-state index in [0.29, 0.717) is 37.7 Å². The van der Waals surface area contributed by atoms with Crippen molar-refractivity contribution in [1.29, 1.82) is 0 Å². The Kier molecular flexibility index (Phi) is 8.21. The minimum absolute atomic E-state index is 0.182. The van der Waals surface area contributed by atoms with E-state index in [1.807, 2.05) is 14.0 Å². The van der Waals surface area contributed by atoms with Gasteiger partial charge in [-0.1, -0.05) is 24.6 Å². The van der Waals surface area contributed by atoms with Crippen LogP contribution in [0.2, 0.25) is 5.02 Å². The first-order valence-electron chi connectivity index (χ1n) is 7.01. The number of rotatable bonds is 10. The van der Waals surface area contributed by atoms with Gasteiger partial charge in [0.15, 0.2) is 0 Å². The van der Waals surface area contributed by atoms with Gasteiger partial charge in [0.25, 0.3) is 0 Å². The maximum atomic E-state index is 12.1. The number of benzene rings is 1. The van der Waals surface area contributed by atoms with Crippen molar-refractivity contribution >= 4 is 21.6 Å². The summed E-state index contributed by atoms with van der Waals surface area (Å²) in [4.78, 5) is 0.182. The lowest BCUT2D eigenvalue weighted by molar-refractivity contribution is 0.133. The fourth-order valence-corrected chi connectivity index (χ4v) is 3.15. The van der Waals surface area contributed by atoms with Crippen molar-refractivity contribution in [3.63, 3.8) is 0 Å². The van der Waals surface area contributed by atoms with Crippen LogP contribution in [0, 0.1) is 0 Å². The maximum absolute atomic E-state index is 12.1. The summed E-state index contributed by atoms with van der Waals surface area (Å²) < 4.78 is 32.1. The van der Waals surface area contributed by atoms with Crippen molar-refractivity contribution in [2.24, 2.45) is 0 Å². The largest absolute Gasteiger partial charge is 0.381 e. The Hall–Kier alpha value is -0.660. The topological polar surface area (TPSA) is 67.4 Å². The first-order chi connectivity index (χ1) is 10.0. The van der Waals surface area contributed by atoms with Gasteiger partial charge in [-0.3, -0.25) is 0 Å². The zero-order valence-corrected chi connectivity index (χ0v) is 14.1. The molecule has 5 nitrogen and oxygen atoms in total. The van der Waals surface area contributed by atoms with E-state index in [1.165, 1.54) is 6.07 Å². The minimum Gasteiger partial charge on any atom is -0.381 e. The third kappa shape index (κ3) is 6.32. The predicted octanol–water partition coefficient (Wildman–Crippen LogP) is 2.15. The van der Waals surface area contributed by atoms with E-state index in [1.54, 1.807) is 12.1 Å². The number of hydrogen-bond donors (Lipinski definition) is 2. The molecule has 0 radical (unpaired) electrons. The molecule has 21 heavy (non-hydrogen) atoms. The zero-order valence-electron chi connectivity index (χ0n) is 12.5. The van der Waals surface area contributed by atoms with E-state index < -0.39 is 10.0 Å². The predicted molar refractivity (Wildman–Crippen MR) is 85.1 cm³/mol. The highest BCUT2D eigenvalue weighted by atomic mass is 35.5. The monoisotopic (exact) mass is 334 g/mol. The van der Waals surface area contributed by atoms with Gasteiger partial charge in [-0.25, -0.2) is 13.1 Å². The number of hydrogen-bond acceptors (Lipinski definition) is 4. The third-order valence-electron chi connectivity index (χ3n) is 2.81. The Balaban J connectivity index is 2.56. The van der Waals surface area contributed by atoms with Gasteiger partial charge in [0.1, 0.15) is 0 Å². The van der Waals surface area contributed by atoms with Crippen LogP contribution in [0.4, 0.5) is 0 Å². The van der Waals surface area contributed by atoms with E-state index in [-0.39, 0.29) is 4.90 Å². The van der Waals surface area contributed by atoms with Gasteiger partial charge in [-0.05, 0) is 37.6 Å². The minimum atomic E-state index is -3.52. The van der Waals surface area contributed by atoms with E-state index in [9.17, 15) is 8.42 Å². The summed E-state index contributed by atoms with van der Waals surface area (Å²) in [6.07, 6.45) is 1.61. The van der Waals surface area contributed by atoms with Crippen molar-refractivity contribution in [1.82, 2.24) is 10.0 Å². The Morgan fingerprint density at radius 2 is 2.05 bits per heavy atom. The molecule has 0 amide bonds. The Labute approximate surface area is 132 Å². The second-order valence-electron chi connectivity index (χ2n) is 4.65. The normalized spacial score (nSPS) is 11.8. The first-order valence-corrected chi connectivity index (χ1v) is 8.87. The van der Waals surface area contributed by atoms with Crippen LogP contribution in [0.1, 0.15) is 25.3 Å². The highest BCUT2D eigenvalue weighted by Crippen LogP contribution is 2.20. The van der Waals surface area contributed by atoms with Crippen LogP contribution < -0.4 is 10.0 Å². The lowest BCUT2D eigenvalue weighted by Gasteiger charge is -2.09. The van der Waals surface area contributed by atoms with E-state index in [2.05, 4.69) is 10.0 Å².